The Balaban J connectivity index is 2.35. The Morgan fingerprint density at radius 1 is 1.56 bits per heavy atom. The van der Waals surface area contributed by atoms with Crippen LogP contribution in [0.4, 0.5) is 5.69 Å². The average Bonchev–Trinajstić information content (AvgIpc) is 2.29. The summed E-state index contributed by atoms with van der Waals surface area (Å²) in [7, 11) is 1.49. The van der Waals surface area contributed by atoms with Crippen molar-refractivity contribution in [2.24, 2.45) is 0 Å². The summed E-state index contributed by atoms with van der Waals surface area (Å²) < 4.78 is 4.84. The summed E-state index contributed by atoms with van der Waals surface area (Å²) in [5.74, 6) is 0.0617. The second-order valence-corrected chi connectivity index (χ2v) is 3.87. The Labute approximate surface area is 94.4 Å². The molecular weight excluding hydrogens is 206 g/mol. The largest absolute Gasteiger partial charge is 0.506 e. The summed E-state index contributed by atoms with van der Waals surface area (Å²) in [5.41, 5.74) is 1.67. The van der Waals surface area contributed by atoms with Crippen LogP contribution < -0.4 is 4.90 Å². The van der Waals surface area contributed by atoms with Crippen molar-refractivity contribution in [1.82, 2.24) is 0 Å². The van der Waals surface area contributed by atoms with Crippen LogP contribution in [0.15, 0.2) is 18.2 Å². The summed E-state index contributed by atoms with van der Waals surface area (Å²) in [6.07, 6.45) is 1.83. The number of amides is 1. The molecule has 0 spiro atoms. The van der Waals surface area contributed by atoms with E-state index in [1.165, 1.54) is 7.11 Å². The third-order valence-electron chi connectivity index (χ3n) is 2.76. The first kappa shape index (κ1) is 11.0. The molecule has 0 fully saturated rings. The summed E-state index contributed by atoms with van der Waals surface area (Å²) in [5, 5.41) is 9.81. The van der Waals surface area contributed by atoms with Crippen molar-refractivity contribution in [1.29, 1.82) is 0 Å². The SMILES string of the molecule is COCC(=O)N1CCCc2cccc(O)c21. The molecule has 0 bridgehead atoms. The number of fused-ring (bicyclic) bond motifs is 1. The minimum Gasteiger partial charge on any atom is -0.506 e. The molecule has 1 aromatic carbocycles. The van der Waals surface area contributed by atoms with Crippen LogP contribution in [0, 0.1) is 0 Å². The van der Waals surface area contributed by atoms with E-state index in [1.807, 2.05) is 6.07 Å². The van der Waals surface area contributed by atoms with E-state index in [4.69, 9.17) is 4.74 Å². The van der Waals surface area contributed by atoms with Gasteiger partial charge in [-0.15, -0.1) is 0 Å². The number of hydrogen-bond acceptors (Lipinski definition) is 3. The molecule has 1 N–H and O–H groups in total. The predicted octanol–water partition coefficient (Wildman–Crippen LogP) is 1.32. The zero-order valence-corrected chi connectivity index (χ0v) is 9.27. The summed E-state index contributed by atoms with van der Waals surface area (Å²) in [4.78, 5) is 13.4. The van der Waals surface area contributed by atoms with Gasteiger partial charge in [-0.2, -0.15) is 0 Å². The molecule has 2 rings (SSSR count). The normalized spacial score (nSPS) is 14.7. The Kier molecular flexibility index (Phi) is 3.10. The van der Waals surface area contributed by atoms with Gasteiger partial charge in [-0.3, -0.25) is 4.79 Å². The monoisotopic (exact) mass is 221 g/mol. The van der Waals surface area contributed by atoms with E-state index in [9.17, 15) is 9.90 Å². The first-order valence-corrected chi connectivity index (χ1v) is 5.34. The number of phenols is 1. The van der Waals surface area contributed by atoms with Crippen molar-refractivity contribution in [2.75, 3.05) is 25.2 Å². The van der Waals surface area contributed by atoms with Gasteiger partial charge in [0.25, 0.3) is 5.91 Å². The van der Waals surface area contributed by atoms with Crippen molar-refractivity contribution in [3.05, 3.63) is 23.8 Å². The summed E-state index contributed by atoms with van der Waals surface area (Å²) >= 11 is 0. The van der Waals surface area contributed by atoms with Crippen molar-refractivity contribution in [2.45, 2.75) is 12.8 Å². The van der Waals surface area contributed by atoms with Gasteiger partial charge in [0.2, 0.25) is 0 Å². The van der Waals surface area contributed by atoms with Crippen molar-refractivity contribution in [3.8, 4) is 5.75 Å². The number of ether oxygens (including phenoxy) is 1. The quantitative estimate of drug-likeness (QED) is 0.819. The lowest BCUT2D eigenvalue weighted by molar-refractivity contribution is -0.122. The molecule has 0 saturated carbocycles. The maximum atomic E-state index is 11.8. The lowest BCUT2D eigenvalue weighted by Crippen LogP contribution is -2.37. The van der Waals surface area contributed by atoms with Crippen LogP contribution in [0.1, 0.15) is 12.0 Å². The Morgan fingerprint density at radius 2 is 2.38 bits per heavy atom. The highest BCUT2D eigenvalue weighted by Crippen LogP contribution is 2.35. The number of rotatable bonds is 2. The molecule has 4 nitrogen and oxygen atoms in total. The van der Waals surface area contributed by atoms with E-state index in [-0.39, 0.29) is 18.3 Å². The Bertz CT molecular complexity index is 403. The maximum Gasteiger partial charge on any atom is 0.253 e. The molecule has 0 atom stereocenters. The number of para-hydroxylation sites is 1. The molecule has 1 aliphatic rings. The van der Waals surface area contributed by atoms with E-state index in [2.05, 4.69) is 0 Å². The molecule has 0 saturated heterocycles. The maximum absolute atomic E-state index is 11.8. The van der Waals surface area contributed by atoms with Crippen molar-refractivity contribution >= 4 is 11.6 Å². The highest BCUT2D eigenvalue weighted by Gasteiger charge is 2.24. The molecule has 0 aliphatic carbocycles. The highest BCUT2D eigenvalue weighted by atomic mass is 16.5. The van der Waals surface area contributed by atoms with Gasteiger partial charge < -0.3 is 14.7 Å². The van der Waals surface area contributed by atoms with Crippen molar-refractivity contribution < 1.29 is 14.6 Å². The number of methoxy groups -OCH3 is 1. The van der Waals surface area contributed by atoms with Gasteiger partial charge in [0.1, 0.15) is 12.4 Å². The smallest absolute Gasteiger partial charge is 0.253 e. The fourth-order valence-corrected chi connectivity index (χ4v) is 2.08. The Hall–Kier alpha value is -1.55. The van der Waals surface area contributed by atoms with Gasteiger partial charge >= 0.3 is 0 Å². The number of anilines is 1. The van der Waals surface area contributed by atoms with Crippen LogP contribution >= 0.6 is 0 Å². The average molecular weight is 221 g/mol. The molecule has 0 aromatic heterocycles. The molecule has 1 aromatic rings. The number of hydrogen-bond donors (Lipinski definition) is 1. The van der Waals surface area contributed by atoms with E-state index in [1.54, 1.807) is 17.0 Å². The zero-order chi connectivity index (χ0) is 11.5. The minimum absolute atomic E-state index is 0.0494. The second kappa shape index (κ2) is 4.53. The number of phenolic OH excluding ortho intramolecular Hbond substituents is 1. The van der Waals surface area contributed by atoms with Crippen LogP contribution in [0.3, 0.4) is 0 Å². The Morgan fingerprint density at radius 3 is 3.12 bits per heavy atom. The third-order valence-corrected chi connectivity index (χ3v) is 2.76. The van der Waals surface area contributed by atoms with Gasteiger partial charge in [-0.1, -0.05) is 12.1 Å². The molecule has 1 aliphatic heterocycles. The van der Waals surface area contributed by atoms with Crippen LogP contribution in [0.25, 0.3) is 0 Å². The first-order chi connectivity index (χ1) is 7.74. The van der Waals surface area contributed by atoms with Gasteiger partial charge in [-0.05, 0) is 24.5 Å². The summed E-state index contributed by atoms with van der Waals surface area (Å²) in [6, 6.07) is 5.36. The summed E-state index contributed by atoms with van der Waals surface area (Å²) in [6.45, 7) is 0.695. The van der Waals surface area contributed by atoms with E-state index in [0.717, 1.165) is 18.4 Å². The van der Waals surface area contributed by atoms with Crippen molar-refractivity contribution in [3.63, 3.8) is 0 Å². The lowest BCUT2D eigenvalue weighted by atomic mass is 10.0. The number of benzene rings is 1. The molecule has 1 amide bonds. The number of carbonyl (C=O) groups is 1. The highest BCUT2D eigenvalue weighted by molar-refractivity contribution is 5.97. The van der Waals surface area contributed by atoms with Gasteiger partial charge in [0.15, 0.2) is 0 Å². The van der Waals surface area contributed by atoms with E-state index >= 15 is 0 Å². The van der Waals surface area contributed by atoms with Crippen LogP contribution in [0.2, 0.25) is 0 Å². The molecule has 0 unspecified atom stereocenters. The molecule has 4 heteroatoms. The molecule has 86 valence electrons. The number of carbonyl (C=O) groups excluding carboxylic acids is 1. The number of aryl methyl sites for hydroxylation is 1. The zero-order valence-electron chi connectivity index (χ0n) is 9.27. The third kappa shape index (κ3) is 1.88. The molecule has 1 heterocycles. The fraction of sp³-hybridized carbons (Fsp3) is 0.417. The minimum atomic E-state index is -0.107. The van der Waals surface area contributed by atoms with Crippen LogP contribution in [0.5, 0.6) is 5.75 Å². The second-order valence-electron chi connectivity index (χ2n) is 3.87. The first-order valence-electron chi connectivity index (χ1n) is 5.34. The van der Waals surface area contributed by atoms with Gasteiger partial charge in [0.05, 0.1) is 5.69 Å². The number of nitrogens with zero attached hydrogens (tertiary/aromatic N) is 1. The van der Waals surface area contributed by atoms with Crippen LogP contribution in [-0.2, 0) is 16.0 Å². The van der Waals surface area contributed by atoms with Gasteiger partial charge in [-0.25, -0.2) is 0 Å². The number of aromatic hydroxyl groups is 1. The predicted molar refractivity (Wildman–Crippen MR) is 60.7 cm³/mol. The van der Waals surface area contributed by atoms with E-state index < -0.39 is 0 Å². The standard InChI is InChI=1S/C12H15NO3/c1-16-8-11(15)13-7-3-5-9-4-2-6-10(14)12(9)13/h2,4,6,14H,3,5,7-8H2,1H3. The lowest BCUT2D eigenvalue weighted by Gasteiger charge is -2.29. The fourth-order valence-electron chi connectivity index (χ4n) is 2.08. The van der Waals surface area contributed by atoms with E-state index in [0.29, 0.717) is 12.2 Å². The molecule has 0 radical (unpaired) electrons. The molecular formula is C12H15NO3. The van der Waals surface area contributed by atoms with Crippen LogP contribution in [-0.4, -0.2) is 31.3 Å². The molecule has 16 heavy (non-hydrogen) atoms. The van der Waals surface area contributed by atoms with Gasteiger partial charge in [0, 0.05) is 13.7 Å². The topological polar surface area (TPSA) is 49.8 Å².